The lowest BCUT2D eigenvalue weighted by atomic mass is 9.89. The first-order valence-electron chi connectivity index (χ1n) is 10.9. The number of rotatable bonds is 6. The van der Waals surface area contributed by atoms with Crippen molar-refractivity contribution in [2.24, 2.45) is 5.92 Å². The summed E-state index contributed by atoms with van der Waals surface area (Å²) >= 11 is 0. The van der Waals surface area contributed by atoms with Crippen LogP contribution in [0.4, 0.5) is 5.82 Å². The molecule has 32 heavy (non-hydrogen) atoms. The van der Waals surface area contributed by atoms with Gasteiger partial charge in [-0.2, -0.15) is 5.10 Å². The van der Waals surface area contributed by atoms with Crippen molar-refractivity contribution in [1.82, 2.24) is 15.1 Å². The lowest BCUT2D eigenvalue weighted by Gasteiger charge is -2.18. The summed E-state index contributed by atoms with van der Waals surface area (Å²) < 4.78 is 12.6. The van der Waals surface area contributed by atoms with Gasteiger partial charge in [0.15, 0.2) is 12.1 Å². The number of nitrogens with one attached hydrogen (secondary N) is 1. The molecule has 3 aliphatic rings. The fourth-order valence-electron chi connectivity index (χ4n) is 4.01. The zero-order valence-electron chi connectivity index (χ0n) is 17.9. The fourth-order valence-corrected chi connectivity index (χ4v) is 4.01. The van der Waals surface area contributed by atoms with Crippen molar-refractivity contribution >= 4 is 17.5 Å². The van der Waals surface area contributed by atoms with Crippen LogP contribution in [0.1, 0.15) is 45.5 Å². The summed E-state index contributed by atoms with van der Waals surface area (Å²) in [6.07, 6.45) is 9.49. The summed E-state index contributed by atoms with van der Waals surface area (Å²) in [6, 6.07) is 5.69. The Morgan fingerprint density at radius 2 is 2.00 bits per heavy atom. The van der Waals surface area contributed by atoms with Gasteiger partial charge in [0.05, 0.1) is 30.7 Å². The molecule has 1 unspecified atom stereocenters. The van der Waals surface area contributed by atoms with E-state index in [0.717, 1.165) is 24.0 Å². The van der Waals surface area contributed by atoms with Gasteiger partial charge >= 0.3 is 0 Å². The number of carbonyl (C=O) groups excluding carboxylic acids is 2. The molecule has 1 atom stereocenters. The van der Waals surface area contributed by atoms with E-state index in [1.165, 1.54) is 10.9 Å². The lowest BCUT2D eigenvalue weighted by Crippen LogP contribution is -2.25. The second-order valence-corrected chi connectivity index (χ2v) is 8.45. The number of aryl methyl sites for hydroxylation is 1. The molecule has 1 saturated carbocycles. The molecule has 1 amide bonds. The van der Waals surface area contributed by atoms with Crippen molar-refractivity contribution in [3.63, 3.8) is 0 Å². The van der Waals surface area contributed by atoms with E-state index in [1.807, 2.05) is 31.2 Å². The normalized spacial score (nSPS) is 20.9. The van der Waals surface area contributed by atoms with Crippen LogP contribution in [0.3, 0.4) is 0 Å². The van der Waals surface area contributed by atoms with Gasteiger partial charge in [0.1, 0.15) is 5.82 Å². The molecule has 1 aliphatic heterocycles. The Hall–Kier alpha value is -3.23. The first-order valence-corrected chi connectivity index (χ1v) is 10.9. The monoisotopic (exact) mass is 434 g/mol. The molecule has 1 aromatic carbocycles. The van der Waals surface area contributed by atoms with Crippen LogP contribution < -0.4 is 11.1 Å². The largest absolute Gasteiger partial charge is 0.383 e. The minimum atomic E-state index is -0.422. The maximum atomic E-state index is 13.3. The van der Waals surface area contributed by atoms with Crippen molar-refractivity contribution in [3.05, 3.63) is 64.9 Å². The number of nitrogens with zero attached hydrogens (tertiary/aromatic N) is 2. The molecular formula is C24H26N4O4. The van der Waals surface area contributed by atoms with Crippen LogP contribution in [0.15, 0.2) is 48.2 Å². The van der Waals surface area contributed by atoms with E-state index in [-0.39, 0.29) is 29.5 Å². The highest BCUT2D eigenvalue weighted by molar-refractivity contribution is 6.03. The Bertz CT molecular complexity index is 1120. The average Bonchev–Trinajstić information content (AvgIpc) is 3.29. The number of anilines is 1. The molecule has 2 fully saturated rings. The number of ether oxygens (including phenoxy) is 2. The SMILES string of the molecule is Cc1ccc(C(=O)NC2CC2)cc1-n1ncc(C(=O)C2C=C(C3OCCO3)C=CC2)c1N. The molecule has 2 aromatic rings. The number of nitrogen functional groups attached to an aromatic ring is 1. The number of amides is 1. The van der Waals surface area contributed by atoms with E-state index in [0.29, 0.717) is 36.4 Å². The van der Waals surface area contributed by atoms with Crippen molar-refractivity contribution < 1.29 is 19.1 Å². The van der Waals surface area contributed by atoms with Gasteiger partial charge in [0.2, 0.25) is 0 Å². The molecule has 1 saturated heterocycles. The third-order valence-electron chi connectivity index (χ3n) is 6.01. The van der Waals surface area contributed by atoms with Gasteiger partial charge < -0.3 is 20.5 Å². The van der Waals surface area contributed by atoms with Gasteiger partial charge in [-0.25, -0.2) is 4.68 Å². The maximum Gasteiger partial charge on any atom is 0.251 e. The van der Waals surface area contributed by atoms with Gasteiger partial charge in [-0.05, 0) is 43.9 Å². The van der Waals surface area contributed by atoms with E-state index < -0.39 is 6.29 Å². The van der Waals surface area contributed by atoms with Gasteiger partial charge in [-0.3, -0.25) is 9.59 Å². The van der Waals surface area contributed by atoms with E-state index >= 15 is 0 Å². The zero-order valence-corrected chi connectivity index (χ0v) is 17.9. The number of hydrogen-bond acceptors (Lipinski definition) is 6. The first-order chi connectivity index (χ1) is 15.5. The van der Waals surface area contributed by atoms with E-state index in [2.05, 4.69) is 10.4 Å². The molecule has 5 rings (SSSR count). The molecule has 0 spiro atoms. The molecule has 8 nitrogen and oxygen atoms in total. The highest BCUT2D eigenvalue weighted by Gasteiger charge is 2.28. The summed E-state index contributed by atoms with van der Waals surface area (Å²) in [5.74, 6) is -0.317. The first kappa shape index (κ1) is 20.7. The predicted octanol–water partition coefficient (Wildman–Crippen LogP) is 2.71. The van der Waals surface area contributed by atoms with Gasteiger partial charge in [-0.15, -0.1) is 0 Å². The van der Waals surface area contributed by atoms with Crippen LogP contribution >= 0.6 is 0 Å². The highest BCUT2D eigenvalue weighted by atomic mass is 16.7. The second-order valence-electron chi connectivity index (χ2n) is 8.45. The number of ketones is 1. The van der Waals surface area contributed by atoms with Gasteiger partial charge in [-0.1, -0.05) is 24.3 Å². The maximum absolute atomic E-state index is 13.3. The highest BCUT2D eigenvalue weighted by Crippen LogP contribution is 2.29. The van der Waals surface area contributed by atoms with Crippen LogP contribution in [0, 0.1) is 12.8 Å². The number of Topliss-reactive ketones (excluding diaryl/α,β-unsaturated/α-hetero) is 1. The zero-order chi connectivity index (χ0) is 22.2. The van der Waals surface area contributed by atoms with E-state index in [4.69, 9.17) is 15.2 Å². The van der Waals surface area contributed by atoms with E-state index in [9.17, 15) is 9.59 Å². The summed E-state index contributed by atoms with van der Waals surface area (Å²) in [6.45, 7) is 3.01. The van der Waals surface area contributed by atoms with Gasteiger partial charge in [0.25, 0.3) is 5.91 Å². The third kappa shape index (κ3) is 3.99. The summed E-state index contributed by atoms with van der Waals surface area (Å²) in [5.41, 5.74) is 9.71. The Morgan fingerprint density at radius 3 is 2.75 bits per heavy atom. The number of carbonyl (C=O) groups is 2. The lowest BCUT2D eigenvalue weighted by molar-refractivity contribution is -0.00895. The number of allylic oxidation sites excluding steroid dienone is 2. The minimum absolute atomic E-state index is 0.103. The minimum Gasteiger partial charge on any atom is -0.383 e. The Kier molecular flexibility index (Phi) is 5.40. The summed E-state index contributed by atoms with van der Waals surface area (Å²) in [5, 5.41) is 7.37. The quantitative estimate of drug-likeness (QED) is 0.677. The Labute approximate surface area is 186 Å². The van der Waals surface area contributed by atoms with Gasteiger partial charge in [0, 0.05) is 23.1 Å². The van der Waals surface area contributed by atoms with Crippen molar-refractivity contribution in [3.8, 4) is 5.69 Å². The molecular weight excluding hydrogens is 408 g/mol. The Morgan fingerprint density at radius 1 is 1.22 bits per heavy atom. The average molecular weight is 434 g/mol. The fraction of sp³-hybridized carbons (Fsp3) is 0.375. The number of aromatic nitrogens is 2. The summed E-state index contributed by atoms with van der Waals surface area (Å²) in [4.78, 5) is 25.7. The standard InChI is InChI=1S/C24H26N4O4/c1-14-5-6-16(23(30)27-18-7-8-18)12-20(14)28-22(25)19(13-26-28)21(29)15-3-2-4-17(11-15)24-31-9-10-32-24/h2,4-6,11-13,15,18,24H,3,7-10,25H2,1H3,(H,27,30). The molecule has 0 bridgehead atoms. The Balaban J connectivity index is 1.40. The van der Waals surface area contributed by atoms with Crippen LogP contribution in [-0.2, 0) is 9.47 Å². The van der Waals surface area contributed by atoms with Crippen LogP contribution in [-0.4, -0.2) is 47.0 Å². The molecule has 3 N–H and O–H groups in total. The number of nitrogens with two attached hydrogens (primary N) is 1. The third-order valence-corrected chi connectivity index (χ3v) is 6.01. The second kappa shape index (κ2) is 8.37. The topological polar surface area (TPSA) is 108 Å². The van der Waals surface area contributed by atoms with Crippen LogP contribution in [0.5, 0.6) is 0 Å². The van der Waals surface area contributed by atoms with Crippen molar-refractivity contribution in [2.75, 3.05) is 18.9 Å². The number of benzene rings is 1. The van der Waals surface area contributed by atoms with Crippen LogP contribution in [0.25, 0.3) is 5.69 Å². The summed E-state index contributed by atoms with van der Waals surface area (Å²) in [7, 11) is 0. The molecule has 2 heterocycles. The predicted molar refractivity (Wildman–Crippen MR) is 119 cm³/mol. The molecule has 0 radical (unpaired) electrons. The molecule has 1 aromatic heterocycles. The van der Waals surface area contributed by atoms with E-state index in [1.54, 1.807) is 12.1 Å². The molecule has 166 valence electrons. The van der Waals surface area contributed by atoms with Crippen molar-refractivity contribution in [2.45, 2.75) is 38.5 Å². The number of hydrogen-bond donors (Lipinski definition) is 2. The van der Waals surface area contributed by atoms with Crippen LogP contribution in [0.2, 0.25) is 0 Å². The smallest absolute Gasteiger partial charge is 0.251 e. The van der Waals surface area contributed by atoms with Crippen molar-refractivity contribution in [1.29, 1.82) is 0 Å². The molecule has 8 heteroatoms. The molecule has 2 aliphatic carbocycles.